The van der Waals surface area contributed by atoms with E-state index in [-0.39, 0.29) is 12.0 Å². The number of aromatic nitrogens is 2. The van der Waals surface area contributed by atoms with Crippen LogP contribution >= 0.6 is 23.8 Å². The van der Waals surface area contributed by atoms with Gasteiger partial charge in [0, 0.05) is 5.02 Å². The molecular weight excluding hydrogens is 418 g/mol. The molecule has 0 saturated carbocycles. The predicted molar refractivity (Wildman–Crippen MR) is 123 cm³/mol. The summed E-state index contributed by atoms with van der Waals surface area (Å²) in [5, 5.41) is 9.91. The van der Waals surface area contributed by atoms with Gasteiger partial charge in [-0.15, -0.1) is 0 Å². The minimum Gasteiger partial charge on any atom is -0.485 e. The molecule has 0 aliphatic rings. The topological polar surface area (TPSA) is 68.0 Å². The lowest BCUT2D eigenvalue weighted by Crippen LogP contribution is -2.28. The summed E-state index contributed by atoms with van der Waals surface area (Å²) < 4.78 is 11.8. The van der Waals surface area contributed by atoms with E-state index in [0.29, 0.717) is 38.5 Å². The van der Waals surface area contributed by atoms with E-state index >= 15 is 0 Å². The van der Waals surface area contributed by atoms with E-state index in [0.717, 1.165) is 18.4 Å². The summed E-state index contributed by atoms with van der Waals surface area (Å²) in [5.74, 6) is 1.43. The lowest BCUT2D eigenvalue weighted by atomic mass is 9.98. The Morgan fingerprint density at radius 2 is 1.83 bits per heavy atom. The second-order valence-electron chi connectivity index (χ2n) is 6.95. The largest absolute Gasteiger partial charge is 0.485 e. The van der Waals surface area contributed by atoms with Gasteiger partial charge in [0.1, 0.15) is 23.3 Å². The van der Waals surface area contributed by atoms with Crippen LogP contribution in [0.1, 0.15) is 32.4 Å². The Hall–Kier alpha value is -2.75. The predicted octanol–water partition coefficient (Wildman–Crippen LogP) is 6.46. The lowest BCUT2D eigenvalue weighted by molar-refractivity contribution is 0.284. The number of ether oxygens (including phenoxy) is 2. The summed E-state index contributed by atoms with van der Waals surface area (Å²) in [5.41, 5.74) is 2.10. The van der Waals surface area contributed by atoms with E-state index in [1.54, 1.807) is 36.4 Å². The highest BCUT2D eigenvalue weighted by Gasteiger charge is 2.20. The number of nitriles is 1. The fourth-order valence-electron chi connectivity index (χ4n) is 3.00. The molecular formula is C23H22ClN3O2S. The average Bonchev–Trinajstić information content (AvgIpc) is 2.73. The van der Waals surface area contributed by atoms with Crippen LogP contribution in [0.4, 0.5) is 0 Å². The zero-order chi connectivity index (χ0) is 21.7. The molecule has 0 bridgehead atoms. The third-order valence-electron chi connectivity index (χ3n) is 4.59. The van der Waals surface area contributed by atoms with Crippen LogP contribution in [0, 0.1) is 24.2 Å². The van der Waals surface area contributed by atoms with Crippen molar-refractivity contribution in [1.82, 2.24) is 9.97 Å². The molecule has 0 saturated heterocycles. The van der Waals surface area contributed by atoms with E-state index in [9.17, 15) is 5.26 Å². The first-order valence-electron chi connectivity index (χ1n) is 9.73. The van der Waals surface area contributed by atoms with Gasteiger partial charge in [0.2, 0.25) is 5.88 Å². The minimum atomic E-state index is -0.330. The standard InChI is InChI=1S/C23H22ClN3O2S/c1-4-5-16(13-25)22(30)15(3)28-18-7-9-19(10-8-18)29-23-14(2)26-21-12-17(24)6-11-20(21)27-23/h6-12,15-16H,4-5H2,1-3H3. The maximum absolute atomic E-state index is 9.29. The first-order valence-corrected chi connectivity index (χ1v) is 10.5. The van der Waals surface area contributed by atoms with Crippen molar-refractivity contribution in [2.45, 2.75) is 39.7 Å². The van der Waals surface area contributed by atoms with Crippen molar-refractivity contribution in [3.05, 3.63) is 53.2 Å². The monoisotopic (exact) mass is 439 g/mol. The van der Waals surface area contributed by atoms with Gasteiger partial charge in [0.25, 0.3) is 0 Å². The number of hydrogen-bond donors (Lipinski definition) is 0. The van der Waals surface area contributed by atoms with Crippen LogP contribution < -0.4 is 9.47 Å². The first kappa shape index (κ1) is 21.9. The quantitative estimate of drug-likeness (QED) is 0.375. The highest BCUT2D eigenvalue weighted by molar-refractivity contribution is 7.80. The Labute approximate surface area is 186 Å². The van der Waals surface area contributed by atoms with Gasteiger partial charge in [-0.3, -0.25) is 0 Å². The van der Waals surface area contributed by atoms with Gasteiger partial charge >= 0.3 is 0 Å². The molecule has 1 heterocycles. The van der Waals surface area contributed by atoms with Crippen LogP contribution in [0.15, 0.2) is 42.5 Å². The molecule has 3 rings (SSSR count). The average molecular weight is 440 g/mol. The summed E-state index contributed by atoms with van der Waals surface area (Å²) in [4.78, 5) is 9.67. The van der Waals surface area contributed by atoms with Crippen LogP contribution in [0.2, 0.25) is 5.02 Å². The van der Waals surface area contributed by atoms with E-state index in [1.807, 2.05) is 26.8 Å². The van der Waals surface area contributed by atoms with Crippen LogP contribution in [0.25, 0.3) is 11.0 Å². The highest BCUT2D eigenvalue weighted by Crippen LogP contribution is 2.27. The van der Waals surface area contributed by atoms with Crippen molar-refractivity contribution < 1.29 is 9.47 Å². The molecule has 1 aromatic heterocycles. The second-order valence-corrected chi connectivity index (χ2v) is 7.86. The van der Waals surface area contributed by atoms with E-state index < -0.39 is 0 Å². The molecule has 7 heteroatoms. The molecule has 30 heavy (non-hydrogen) atoms. The fraction of sp³-hybridized carbons (Fsp3) is 0.304. The third-order valence-corrected chi connectivity index (χ3v) is 5.44. The number of nitrogens with zero attached hydrogens (tertiary/aromatic N) is 3. The van der Waals surface area contributed by atoms with Gasteiger partial charge in [0.15, 0.2) is 0 Å². The van der Waals surface area contributed by atoms with Crippen LogP contribution in [-0.2, 0) is 0 Å². The molecule has 5 nitrogen and oxygen atoms in total. The zero-order valence-corrected chi connectivity index (χ0v) is 18.6. The highest BCUT2D eigenvalue weighted by atomic mass is 35.5. The number of thiocarbonyl (C=S) groups is 1. The Morgan fingerprint density at radius 3 is 2.50 bits per heavy atom. The summed E-state index contributed by atoms with van der Waals surface area (Å²) in [6.07, 6.45) is 1.32. The van der Waals surface area contributed by atoms with Crippen LogP contribution in [-0.4, -0.2) is 20.9 Å². The van der Waals surface area contributed by atoms with Crippen molar-refractivity contribution in [2.24, 2.45) is 5.92 Å². The molecule has 0 radical (unpaired) electrons. The first-order chi connectivity index (χ1) is 14.4. The maximum atomic E-state index is 9.29. The van der Waals surface area contributed by atoms with E-state index in [1.165, 1.54) is 0 Å². The molecule has 0 amide bonds. The van der Waals surface area contributed by atoms with Crippen molar-refractivity contribution in [3.8, 4) is 23.4 Å². The molecule has 0 aliphatic carbocycles. The Balaban J connectivity index is 1.70. The Morgan fingerprint density at radius 1 is 1.13 bits per heavy atom. The molecule has 0 spiro atoms. The maximum Gasteiger partial charge on any atom is 0.241 e. The van der Waals surface area contributed by atoms with Gasteiger partial charge in [-0.1, -0.05) is 37.2 Å². The molecule has 2 aromatic carbocycles. The van der Waals surface area contributed by atoms with Gasteiger partial charge in [-0.2, -0.15) is 5.26 Å². The molecule has 0 fully saturated rings. The SMILES string of the molecule is CCCC(C#N)C(=S)C(C)Oc1ccc(Oc2nc3ccc(Cl)cc3nc2C)cc1. The number of rotatable bonds is 8. The van der Waals surface area contributed by atoms with Gasteiger partial charge in [0.05, 0.1) is 27.9 Å². The normalized spacial score (nSPS) is 12.8. The minimum absolute atomic E-state index is 0.271. The number of aryl methyl sites for hydroxylation is 1. The number of benzene rings is 2. The molecule has 2 atom stereocenters. The number of halogens is 1. The molecule has 3 aromatic rings. The summed E-state index contributed by atoms with van der Waals surface area (Å²) in [6.45, 7) is 5.74. The summed E-state index contributed by atoms with van der Waals surface area (Å²) in [6, 6.07) is 14.8. The fourth-order valence-corrected chi connectivity index (χ4v) is 3.38. The Kier molecular flexibility index (Phi) is 7.20. The van der Waals surface area contributed by atoms with Crippen molar-refractivity contribution >= 4 is 39.7 Å². The molecule has 0 N–H and O–H groups in total. The molecule has 2 unspecified atom stereocenters. The number of fused-ring (bicyclic) bond motifs is 1. The summed E-state index contributed by atoms with van der Waals surface area (Å²) >= 11 is 11.5. The molecule has 0 aliphatic heterocycles. The van der Waals surface area contributed by atoms with Crippen LogP contribution in [0.3, 0.4) is 0 Å². The van der Waals surface area contributed by atoms with Crippen LogP contribution in [0.5, 0.6) is 17.4 Å². The summed E-state index contributed by atoms with van der Waals surface area (Å²) in [7, 11) is 0. The Bertz CT molecular complexity index is 1100. The van der Waals surface area contributed by atoms with Gasteiger partial charge < -0.3 is 9.47 Å². The smallest absolute Gasteiger partial charge is 0.241 e. The number of hydrogen-bond acceptors (Lipinski definition) is 6. The third kappa shape index (κ3) is 5.24. The molecule has 154 valence electrons. The van der Waals surface area contributed by atoms with Crippen molar-refractivity contribution in [1.29, 1.82) is 5.26 Å². The lowest BCUT2D eigenvalue weighted by Gasteiger charge is -2.19. The van der Waals surface area contributed by atoms with Gasteiger partial charge in [-0.05, 0) is 62.7 Å². The van der Waals surface area contributed by atoms with E-state index in [4.69, 9.17) is 33.3 Å². The van der Waals surface area contributed by atoms with E-state index in [2.05, 4.69) is 16.0 Å². The zero-order valence-electron chi connectivity index (χ0n) is 17.1. The van der Waals surface area contributed by atoms with Crippen molar-refractivity contribution in [3.63, 3.8) is 0 Å². The second kappa shape index (κ2) is 9.84. The van der Waals surface area contributed by atoms with Crippen molar-refractivity contribution in [2.75, 3.05) is 0 Å². The van der Waals surface area contributed by atoms with Gasteiger partial charge in [-0.25, -0.2) is 9.97 Å².